The topological polar surface area (TPSA) is 0 Å². The molecule has 1 atom stereocenters. The SMILES string of the molecule is C#CCCC(CCC)CCCCC. The summed E-state index contributed by atoms with van der Waals surface area (Å²) in [5.41, 5.74) is 0. The Morgan fingerprint density at radius 3 is 2.31 bits per heavy atom. The highest BCUT2D eigenvalue weighted by Crippen LogP contribution is 2.20. The maximum Gasteiger partial charge on any atom is 0.00886 e. The quantitative estimate of drug-likeness (QED) is 0.384. The normalized spacial score (nSPS) is 12.4. The third-order valence-corrected chi connectivity index (χ3v) is 2.61. The third kappa shape index (κ3) is 7.91. The Morgan fingerprint density at radius 2 is 1.77 bits per heavy atom. The molecule has 0 aromatic heterocycles. The van der Waals surface area contributed by atoms with Gasteiger partial charge < -0.3 is 0 Å². The molecule has 0 amide bonds. The average Bonchev–Trinajstić information content (AvgIpc) is 2.14. The van der Waals surface area contributed by atoms with Crippen LogP contribution in [0.2, 0.25) is 0 Å². The van der Waals surface area contributed by atoms with Gasteiger partial charge in [0.05, 0.1) is 0 Å². The molecule has 0 spiro atoms. The summed E-state index contributed by atoms with van der Waals surface area (Å²) in [6.07, 6.45) is 15.7. The van der Waals surface area contributed by atoms with E-state index in [0.717, 1.165) is 12.3 Å². The van der Waals surface area contributed by atoms with Crippen LogP contribution in [0.3, 0.4) is 0 Å². The molecule has 0 aromatic carbocycles. The molecule has 0 N–H and O–H groups in total. The molecule has 0 heterocycles. The van der Waals surface area contributed by atoms with E-state index in [2.05, 4.69) is 19.8 Å². The van der Waals surface area contributed by atoms with E-state index in [4.69, 9.17) is 6.42 Å². The number of rotatable bonds is 8. The molecule has 0 radical (unpaired) electrons. The zero-order chi connectivity index (χ0) is 9.94. The van der Waals surface area contributed by atoms with Gasteiger partial charge in [0.15, 0.2) is 0 Å². The Bertz CT molecular complexity index is 129. The van der Waals surface area contributed by atoms with Crippen molar-refractivity contribution in [3.05, 3.63) is 0 Å². The van der Waals surface area contributed by atoms with E-state index in [1.807, 2.05) is 0 Å². The van der Waals surface area contributed by atoms with Crippen LogP contribution in [0.1, 0.15) is 65.2 Å². The number of hydrogen-bond acceptors (Lipinski definition) is 0. The molecular formula is C13H24. The van der Waals surface area contributed by atoms with Crippen LogP contribution >= 0.6 is 0 Å². The minimum atomic E-state index is 0.896. The molecule has 0 rings (SSSR count). The van der Waals surface area contributed by atoms with Crippen LogP contribution in [0.15, 0.2) is 0 Å². The fraction of sp³-hybridized carbons (Fsp3) is 0.846. The predicted molar refractivity (Wildman–Crippen MR) is 60.6 cm³/mol. The van der Waals surface area contributed by atoms with Crippen molar-refractivity contribution in [2.45, 2.75) is 65.2 Å². The van der Waals surface area contributed by atoms with Gasteiger partial charge in [-0.3, -0.25) is 0 Å². The molecule has 0 aliphatic rings. The first-order valence-corrected chi connectivity index (χ1v) is 5.78. The molecule has 0 heteroatoms. The van der Waals surface area contributed by atoms with Crippen LogP contribution < -0.4 is 0 Å². The van der Waals surface area contributed by atoms with Gasteiger partial charge in [0.25, 0.3) is 0 Å². The van der Waals surface area contributed by atoms with E-state index in [9.17, 15) is 0 Å². The van der Waals surface area contributed by atoms with Gasteiger partial charge in [0, 0.05) is 6.42 Å². The minimum Gasteiger partial charge on any atom is -0.120 e. The molecule has 0 nitrogen and oxygen atoms in total. The van der Waals surface area contributed by atoms with Crippen LogP contribution in [0.25, 0.3) is 0 Å². The van der Waals surface area contributed by atoms with Gasteiger partial charge in [0.1, 0.15) is 0 Å². The zero-order valence-electron chi connectivity index (χ0n) is 9.31. The van der Waals surface area contributed by atoms with Crippen LogP contribution in [-0.2, 0) is 0 Å². The van der Waals surface area contributed by atoms with Crippen LogP contribution in [0, 0.1) is 18.3 Å². The predicted octanol–water partition coefficient (Wildman–Crippen LogP) is 4.40. The largest absolute Gasteiger partial charge is 0.120 e. The Hall–Kier alpha value is -0.440. The molecule has 0 aliphatic heterocycles. The van der Waals surface area contributed by atoms with E-state index in [1.54, 1.807) is 0 Å². The van der Waals surface area contributed by atoms with E-state index in [-0.39, 0.29) is 0 Å². The summed E-state index contributed by atoms with van der Waals surface area (Å²) in [5.74, 6) is 3.64. The second-order valence-electron chi connectivity index (χ2n) is 3.89. The second-order valence-corrected chi connectivity index (χ2v) is 3.89. The third-order valence-electron chi connectivity index (χ3n) is 2.61. The highest BCUT2D eigenvalue weighted by Gasteiger charge is 2.05. The van der Waals surface area contributed by atoms with Crippen molar-refractivity contribution < 1.29 is 0 Å². The second kappa shape index (κ2) is 9.65. The van der Waals surface area contributed by atoms with Crippen LogP contribution in [0.5, 0.6) is 0 Å². The van der Waals surface area contributed by atoms with Crippen molar-refractivity contribution in [3.63, 3.8) is 0 Å². The minimum absolute atomic E-state index is 0.896. The fourth-order valence-electron chi connectivity index (χ4n) is 1.81. The summed E-state index contributed by atoms with van der Waals surface area (Å²) < 4.78 is 0. The summed E-state index contributed by atoms with van der Waals surface area (Å²) in [4.78, 5) is 0. The first kappa shape index (κ1) is 12.6. The first-order chi connectivity index (χ1) is 6.35. The molecular weight excluding hydrogens is 156 g/mol. The first-order valence-electron chi connectivity index (χ1n) is 5.78. The van der Waals surface area contributed by atoms with Crippen LogP contribution in [0.4, 0.5) is 0 Å². The van der Waals surface area contributed by atoms with E-state index in [0.29, 0.717) is 0 Å². The molecule has 0 saturated carbocycles. The molecule has 0 bridgehead atoms. The van der Waals surface area contributed by atoms with E-state index < -0.39 is 0 Å². The molecule has 0 aliphatic carbocycles. The molecule has 0 saturated heterocycles. The molecule has 0 fully saturated rings. The lowest BCUT2D eigenvalue weighted by Gasteiger charge is -2.13. The van der Waals surface area contributed by atoms with Gasteiger partial charge in [0.2, 0.25) is 0 Å². The van der Waals surface area contributed by atoms with Crippen molar-refractivity contribution >= 4 is 0 Å². The maximum atomic E-state index is 5.28. The van der Waals surface area contributed by atoms with Crippen molar-refractivity contribution in [2.75, 3.05) is 0 Å². The zero-order valence-corrected chi connectivity index (χ0v) is 9.31. The Morgan fingerprint density at radius 1 is 1.00 bits per heavy atom. The summed E-state index contributed by atoms with van der Waals surface area (Å²) >= 11 is 0. The molecule has 13 heavy (non-hydrogen) atoms. The van der Waals surface area contributed by atoms with Crippen molar-refractivity contribution in [1.29, 1.82) is 0 Å². The monoisotopic (exact) mass is 180 g/mol. The standard InChI is InChI=1S/C13H24/c1-4-7-9-12-13(10-6-3)11-8-5-2/h2,13H,4,6-12H2,1,3H3. The smallest absolute Gasteiger partial charge is 0.00886 e. The lowest BCUT2D eigenvalue weighted by atomic mass is 9.92. The summed E-state index contributed by atoms with van der Waals surface area (Å²) in [7, 11) is 0. The number of unbranched alkanes of at least 4 members (excludes halogenated alkanes) is 2. The van der Waals surface area contributed by atoms with Gasteiger partial charge in [-0.15, -0.1) is 12.3 Å². The number of hydrogen-bond donors (Lipinski definition) is 0. The van der Waals surface area contributed by atoms with Gasteiger partial charge in [-0.2, -0.15) is 0 Å². The van der Waals surface area contributed by atoms with Crippen molar-refractivity contribution in [3.8, 4) is 12.3 Å². The van der Waals surface area contributed by atoms with Crippen LogP contribution in [-0.4, -0.2) is 0 Å². The van der Waals surface area contributed by atoms with Gasteiger partial charge >= 0.3 is 0 Å². The number of terminal acetylenes is 1. The van der Waals surface area contributed by atoms with Gasteiger partial charge in [-0.1, -0.05) is 52.4 Å². The highest BCUT2D eigenvalue weighted by atomic mass is 14.1. The highest BCUT2D eigenvalue weighted by molar-refractivity contribution is 4.84. The van der Waals surface area contributed by atoms with Gasteiger partial charge in [-0.25, -0.2) is 0 Å². The Labute approximate surface area is 84.1 Å². The molecule has 1 unspecified atom stereocenters. The van der Waals surface area contributed by atoms with E-state index >= 15 is 0 Å². The molecule has 76 valence electrons. The summed E-state index contributed by atoms with van der Waals surface area (Å²) in [6, 6.07) is 0. The average molecular weight is 180 g/mol. The maximum absolute atomic E-state index is 5.28. The van der Waals surface area contributed by atoms with Crippen molar-refractivity contribution in [1.82, 2.24) is 0 Å². The molecule has 0 aromatic rings. The summed E-state index contributed by atoms with van der Waals surface area (Å²) in [6.45, 7) is 4.53. The Balaban J connectivity index is 3.48. The van der Waals surface area contributed by atoms with Gasteiger partial charge in [-0.05, 0) is 12.3 Å². The van der Waals surface area contributed by atoms with E-state index in [1.165, 1.54) is 44.9 Å². The lowest BCUT2D eigenvalue weighted by Crippen LogP contribution is -1.99. The van der Waals surface area contributed by atoms with Crippen molar-refractivity contribution in [2.24, 2.45) is 5.92 Å². The fourth-order valence-corrected chi connectivity index (χ4v) is 1.81. The Kier molecular flexibility index (Phi) is 9.32. The summed E-state index contributed by atoms with van der Waals surface area (Å²) in [5, 5.41) is 0. The lowest BCUT2D eigenvalue weighted by molar-refractivity contribution is 0.402.